The maximum Gasteiger partial charge on any atom is 0.136 e. The summed E-state index contributed by atoms with van der Waals surface area (Å²) < 4.78 is 0. The van der Waals surface area contributed by atoms with Crippen LogP contribution in [0.2, 0.25) is 5.15 Å². The zero-order valence-electron chi connectivity index (χ0n) is 12.6. The number of pyridine rings is 1. The molecule has 0 spiro atoms. The molecule has 4 rings (SSSR count). The molecule has 0 saturated heterocycles. The van der Waals surface area contributed by atoms with E-state index >= 15 is 0 Å². The lowest BCUT2D eigenvalue weighted by molar-refractivity contribution is 0.660. The van der Waals surface area contributed by atoms with E-state index in [1.807, 2.05) is 12.1 Å². The molecule has 0 unspecified atom stereocenters. The molecule has 1 aromatic heterocycles. The molecule has 1 aliphatic rings. The topological polar surface area (TPSA) is 12.9 Å². The van der Waals surface area contributed by atoms with Gasteiger partial charge in [-0.15, -0.1) is 0 Å². The first-order valence-corrected chi connectivity index (χ1v) is 7.83. The Labute approximate surface area is 135 Å². The van der Waals surface area contributed by atoms with Crippen molar-refractivity contribution in [3.05, 3.63) is 77.1 Å². The van der Waals surface area contributed by atoms with Gasteiger partial charge in [0.15, 0.2) is 0 Å². The van der Waals surface area contributed by atoms with Gasteiger partial charge >= 0.3 is 0 Å². The maximum atomic E-state index is 6.35. The van der Waals surface area contributed by atoms with E-state index in [1.165, 1.54) is 22.3 Å². The molecule has 22 heavy (non-hydrogen) atoms. The first-order valence-electron chi connectivity index (χ1n) is 7.45. The summed E-state index contributed by atoms with van der Waals surface area (Å²) in [5, 5.41) is 0.554. The quantitative estimate of drug-likeness (QED) is 0.525. The highest BCUT2D eigenvalue weighted by Crippen LogP contribution is 2.52. The van der Waals surface area contributed by atoms with Crippen molar-refractivity contribution >= 4 is 11.6 Å². The van der Waals surface area contributed by atoms with Gasteiger partial charge in [-0.3, -0.25) is 0 Å². The number of fused-ring (bicyclic) bond motifs is 3. The molecule has 2 heteroatoms. The van der Waals surface area contributed by atoms with Crippen LogP contribution in [0.3, 0.4) is 0 Å². The van der Waals surface area contributed by atoms with Crippen molar-refractivity contribution in [3.63, 3.8) is 0 Å². The molecule has 0 radical (unpaired) electrons. The Morgan fingerprint density at radius 1 is 0.773 bits per heavy atom. The molecule has 0 atom stereocenters. The average molecular weight is 306 g/mol. The number of halogens is 1. The third-order valence-corrected chi connectivity index (χ3v) is 4.96. The second kappa shape index (κ2) is 4.69. The molecule has 0 saturated carbocycles. The van der Waals surface area contributed by atoms with Gasteiger partial charge in [0.05, 0.1) is 0 Å². The van der Waals surface area contributed by atoms with Crippen molar-refractivity contribution in [2.45, 2.75) is 19.3 Å². The third kappa shape index (κ3) is 1.75. The standard InChI is InChI=1S/C20H16ClN/c1-20(2)16-10-4-3-7-15(16)18-13(8-5-11-17(18)20)14-9-6-12-22-19(14)21/h3-12H,1-2H3. The van der Waals surface area contributed by atoms with E-state index in [4.69, 9.17) is 11.6 Å². The monoisotopic (exact) mass is 305 g/mol. The van der Waals surface area contributed by atoms with E-state index in [2.05, 4.69) is 61.3 Å². The van der Waals surface area contributed by atoms with Crippen LogP contribution in [0, 0.1) is 0 Å². The summed E-state index contributed by atoms with van der Waals surface area (Å²) in [5.41, 5.74) is 7.48. The van der Waals surface area contributed by atoms with Gasteiger partial charge in [-0.25, -0.2) is 4.98 Å². The van der Waals surface area contributed by atoms with Crippen molar-refractivity contribution < 1.29 is 0 Å². The summed E-state index contributed by atoms with van der Waals surface area (Å²) in [6.07, 6.45) is 1.73. The largest absolute Gasteiger partial charge is 0.244 e. The predicted octanol–water partition coefficient (Wildman–Crippen LogP) is 5.71. The molecule has 1 nitrogen and oxygen atoms in total. The zero-order chi connectivity index (χ0) is 15.3. The van der Waals surface area contributed by atoms with Crippen molar-refractivity contribution in [3.8, 4) is 22.3 Å². The van der Waals surface area contributed by atoms with Gasteiger partial charge in [-0.1, -0.05) is 67.9 Å². The van der Waals surface area contributed by atoms with E-state index < -0.39 is 0 Å². The smallest absolute Gasteiger partial charge is 0.136 e. The van der Waals surface area contributed by atoms with Crippen LogP contribution in [0.5, 0.6) is 0 Å². The molecule has 3 aromatic rings. The molecule has 0 amide bonds. The average Bonchev–Trinajstić information content (AvgIpc) is 2.77. The van der Waals surface area contributed by atoms with Gasteiger partial charge in [0.2, 0.25) is 0 Å². The SMILES string of the molecule is CC1(C)c2ccccc2-c2c(-c3cccnc3Cl)cccc21. The summed E-state index contributed by atoms with van der Waals surface area (Å²) in [5.74, 6) is 0. The summed E-state index contributed by atoms with van der Waals surface area (Å²) in [6, 6.07) is 19.1. The van der Waals surface area contributed by atoms with Gasteiger partial charge < -0.3 is 0 Å². The Morgan fingerprint density at radius 3 is 2.27 bits per heavy atom. The molecule has 1 aliphatic carbocycles. The lowest BCUT2D eigenvalue weighted by Crippen LogP contribution is -2.14. The van der Waals surface area contributed by atoms with E-state index in [0.29, 0.717) is 5.15 Å². The Bertz CT molecular complexity index is 880. The fourth-order valence-corrected chi connectivity index (χ4v) is 3.79. The Kier molecular flexibility index (Phi) is 2.88. The van der Waals surface area contributed by atoms with E-state index in [9.17, 15) is 0 Å². The van der Waals surface area contributed by atoms with E-state index in [1.54, 1.807) is 6.20 Å². The first kappa shape index (κ1) is 13.5. The molecule has 0 aliphatic heterocycles. The van der Waals surface area contributed by atoms with Crippen molar-refractivity contribution in [2.24, 2.45) is 0 Å². The Hall–Kier alpha value is -2.12. The fraction of sp³-hybridized carbons (Fsp3) is 0.150. The lowest BCUT2D eigenvalue weighted by Gasteiger charge is -2.21. The number of hydrogen-bond acceptors (Lipinski definition) is 1. The van der Waals surface area contributed by atoms with Crippen LogP contribution in [0.25, 0.3) is 22.3 Å². The van der Waals surface area contributed by atoms with Crippen molar-refractivity contribution in [1.29, 1.82) is 0 Å². The third-order valence-electron chi connectivity index (χ3n) is 4.66. The van der Waals surface area contributed by atoms with Gasteiger partial charge in [0, 0.05) is 17.2 Å². The van der Waals surface area contributed by atoms with Crippen molar-refractivity contribution in [2.75, 3.05) is 0 Å². The molecule has 0 bridgehead atoms. The molecular formula is C20H16ClN. The number of nitrogens with zero attached hydrogens (tertiary/aromatic N) is 1. The highest BCUT2D eigenvalue weighted by molar-refractivity contribution is 6.32. The minimum atomic E-state index is 0.0105. The van der Waals surface area contributed by atoms with Crippen LogP contribution < -0.4 is 0 Å². The summed E-state index contributed by atoms with van der Waals surface area (Å²) >= 11 is 6.35. The van der Waals surface area contributed by atoms with Crippen LogP contribution in [0.15, 0.2) is 60.8 Å². The highest BCUT2D eigenvalue weighted by atomic mass is 35.5. The zero-order valence-corrected chi connectivity index (χ0v) is 13.4. The van der Waals surface area contributed by atoms with Crippen molar-refractivity contribution in [1.82, 2.24) is 4.98 Å². The molecule has 2 aromatic carbocycles. The molecular weight excluding hydrogens is 290 g/mol. The highest BCUT2D eigenvalue weighted by Gasteiger charge is 2.36. The van der Waals surface area contributed by atoms with Gasteiger partial charge in [0.1, 0.15) is 5.15 Å². The second-order valence-electron chi connectivity index (χ2n) is 6.24. The van der Waals surface area contributed by atoms with Crippen LogP contribution in [0.4, 0.5) is 0 Å². The minimum Gasteiger partial charge on any atom is -0.244 e. The predicted molar refractivity (Wildman–Crippen MR) is 92.2 cm³/mol. The van der Waals surface area contributed by atoms with Crippen LogP contribution >= 0.6 is 11.6 Å². The number of benzene rings is 2. The van der Waals surface area contributed by atoms with Crippen LogP contribution in [0.1, 0.15) is 25.0 Å². The van der Waals surface area contributed by atoms with Gasteiger partial charge in [-0.05, 0) is 39.9 Å². The summed E-state index contributed by atoms with van der Waals surface area (Å²) in [6.45, 7) is 4.57. The minimum absolute atomic E-state index is 0.0105. The summed E-state index contributed by atoms with van der Waals surface area (Å²) in [4.78, 5) is 4.24. The Morgan fingerprint density at radius 2 is 1.45 bits per heavy atom. The number of rotatable bonds is 1. The lowest BCUT2D eigenvalue weighted by atomic mass is 9.82. The maximum absolute atomic E-state index is 6.35. The second-order valence-corrected chi connectivity index (χ2v) is 6.60. The molecule has 108 valence electrons. The Balaban J connectivity index is 2.09. The summed E-state index contributed by atoms with van der Waals surface area (Å²) in [7, 11) is 0. The normalized spacial score (nSPS) is 14.5. The van der Waals surface area contributed by atoms with Crippen LogP contribution in [-0.4, -0.2) is 4.98 Å². The molecule has 0 fully saturated rings. The number of aromatic nitrogens is 1. The van der Waals surface area contributed by atoms with Gasteiger partial charge in [-0.2, -0.15) is 0 Å². The van der Waals surface area contributed by atoms with E-state index in [0.717, 1.165) is 11.1 Å². The fourth-order valence-electron chi connectivity index (χ4n) is 3.57. The van der Waals surface area contributed by atoms with Gasteiger partial charge in [0.25, 0.3) is 0 Å². The first-order chi connectivity index (χ1) is 10.6. The van der Waals surface area contributed by atoms with Crippen LogP contribution in [-0.2, 0) is 5.41 Å². The molecule has 1 heterocycles. The van der Waals surface area contributed by atoms with E-state index in [-0.39, 0.29) is 5.41 Å². The molecule has 0 N–H and O–H groups in total. The number of hydrogen-bond donors (Lipinski definition) is 0.